The Morgan fingerprint density at radius 2 is 2.10 bits per heavy atom. The van der Waals surface area contributed by atoms with Crippen molar-refractivity contribution in [1.29, 1.82) is 0 Å². The minimum Gasteiger partial charge on any atom is -0.396 e. The first kappa shape index (κ1) is 15.0. The van der Waals surface area contributed by atoms with E-state index in [0.717, 1.165) is 5.56 Å². The van der Waals surface area contributed by atoms with Crippen molar-refractivity contribution >= 4 is 23.6 Å². The van der Waals surface area contributed by atoms with E-state index in [9.17, 15) is 9.90 Å². The topological polar surface area (TPSA) is 58.6 Å². The Labute approximate surface area is 123 Å². The maximum absolute atomic E-state index is 12.0. The molecule has 1 aromatic rings. The zero-order valence-electron chi connectivity index (χ0n) is 11.4. The van der Waals surface area contributed by atoms with Gasteiger partial charge in [-0.15, -0.1) is 0 Å². The number of benzene rings is 1. The van der Waals surface area contributed by atoms with Gasteiger partial charge in [0.05, 0.1) is 25.2 Å². The molecule has 0 unspecified atom stereocenters. The van der Waals surface area contributed by atoms with Crippen molar-refractivity contribution in [3.05, 3.63) is 40.4 Å². The van der Waals surface area contributed by atoms with Gasteiger partial charge in [-0.05, 0) is 30.7 Å². The van der Waals surface area contributed by atoms with Crippen LogP contribution in [0.4, 0.5) is 0 Å². The molecule has 1 aromatic carbocycles. The van der Waals surface area contributed by atoms with Crippen LogP contribution in [0.3, 0.4) is 0 Å². The second-order valence-corrected chi connectivity index (χ2v) is 5.65. The van der Waals surface area contributed by atoms with Crippen LogP contribution in [-0.4, -0.2) is 37.4 Å². The lowest BCUT2D eigenvalue weighted by Crippen LogP contribution is -2.53. The van der Waals surface area contributed by atoms with Crippen molar-refractivity contribution in [2.75, 3.05) is 26.4 Å². The number of hydrogen-bond acceptors (Lipinski definition) is 3. The lowest BCUT2D eigenvalue weighted by atomic mass is 9.87. The van der Waals surface area contributed by atoms with Crippen molar-refractivity contribution in [2.45, 2.75) is 6.92 Å². The Morgan fingerprint density at radius 1 is 1.45 bits per heavy atom. The molecule has 108 valence electrons. The molecular formula is C15H18ClNO3. The van der Waals surface area contributed by atoms with Gasteiger partial charge in [-0.1, -0.05) is 23.7 Å². The van der Waals surface area contributed by atoms with Gasteiger partial charge in [0.1, 0.15) is 0 Å². The Kier molecular flexibility index (Phi) is 4.81. The monoisotopic (exact) mass is 295 g/mol. The van der Waals surface area contributed by atoms with Gasteiger partial charge in [0.25, 0.3) is 0 Å². The third kappa shape index (κ3) is 3.60. The van der Waals surface area contributed by atoms with E-state index >= 15 is 0 Å². The van der Waals surface area contributed by atoms with Crippen molar-refractivity contribution in [2.24, 2.45) is 5.41 Å². The second kappa shape index (κ2) is 6.39. The van der Waals surface area contributed by atoms with Crippen LogP contribution in [-0.2, 0) is 9.53 Å². The quantitative estimate of drug-likeness (QED) is 0.815. The summed E-state index contributed by atoms with van der Waals surface area (Å²) < 4.78 is 5.09. The van der Waals surface area contributed by atoms with Gasteiger partial charge < -0.3 is 15.2 Å². The van der Waals surface area contributed by atoms with E-state index in [1.54, 1.807) is 25.1 Å². The lowest BCUT2D eigenvalue weighted by Gasteiger charge is -2.39. The van der Waals surface area contributed by atoms with E-state index in [2.05, 4.69) is 5.32 Å². The molecule has 0 radical (unpaired) electrons. The molecule has 2 N–H and O–H groups in total. The fourth-order valence-corrected chi connectivity index (χ4v) is 2.05. The number of aliphatic hydroxyl groups excluding tert-OH is 1. The first-order valence-corrected chi connectivity index (χ1v) is 6.83. The SMILES string of the molecule is C/C(=C/c1ccc(Cl)cc1)C(=O)NCC1(CO)COC1. The Hall–Kier alpha value is -1.36. The third-order valence-electron chi connectivity index (χ3n) is 3.39. The summed E-state index contributed by atoms with van der Waals surface area (Å²) in [6.07, 6.45) is 1.80. The number of amides is 1. The zero-order valence-corrected chi connectivity index (χ0v) is 12.1. The maximum Gasteiger partial charge on any atom is 0.246 e. The molecule has 0 spiro atoms. The normalized spacial score (nSPS) is 17.4. The average molecular weight is 296 g/mol. The number of ether oxygens (including phenoxy) is 1. The fraction of sp³-hybridized carbons (Fsp3) is 0.400. The van der Waals surface area contributed by atoms with E-state index in [-0.39, 0.29) is 17.9 Å². The van der Waals surface area contributed by atoms with Crippen LogP contribution >= 0.6 is 11.6 Å². The van der Waals surface area contributed by atoms with E-state index in [4.69, 9.17) is 16.3 Å². The van der Waals surface area contributed by atoms with Gasteiger partial charge in [0.15, 0.2) is 0 Å². The molecule has 1 fully saturated rings. The highest BCUT2D eigenvalue weighted by atomic mass is 35.5. The van der Waals surface area contributed by atoms with Crippen LogP contribution in [0.15, 0.2) is 29.8 Å². The Bertz CT molecular complexity index is 501. The van der Waals surface area contributed by atoms with Gasteiger partial charge in [-0.3, -0.25) is 4.79 Å². The summed E-state index contributed by atoms with van der Waals surface area (Å²) in [6.45, 7) is 3.18. The number of rotatable bonds is 5. The van der Waals surface area contributed by atoms with Crippen LogP contribution in [0.2, 0.25) is 5.02 Å². The molecule has 5 heteroatoms. The maximum atomic E-state index is 12.0. The van der Waals surface area contributed by atoms with Crippen molar-refractivity contribution in [3.63, 3.8) is 0 Å². The standard InChI is InChI=1S/C15H18ClNO3/c1-11(6-12-2-4-13(16)5-3-12)14(19)17-7-15(8-18)9-20-10-15/h2-6,18H,7-10H2,1H3,(H,17,19)/b11-6-. The van der Waals surface area contributed by atoms with E-state index in [1.165, 1.54) is 0 Å². The summed E-state index contributed by atoms with van der Waals surface area (Å²) in [5.41, 5.74) is 1.22. The predicted molar refractivity (Wildman–Crippen MR) is 78.5 cm³/mol. The molecular weight excluding hydrogens is 278 g/mol. The first-order valence-electron chi connectivity index (χ1n) is 6.45. The van der Waals surface area contributed by atoms with Gasteiger partial charge >= 0.3 is 0 Å². The summed E-state index contributed by atoms with van der Waals surface area (Å²) in [4.78, 5) is 12.0. The highest BCUT2D eigenvalue weighted by Gasteiger charge is 2.38. The minimum atomic E-state index is -0.309. The number of nitrogens with one attached hydrogen (secondary N) is 1. The van der Waals surface area contributed by atoms with E-state index in [0.29, 0.717) is 30.4 Å². The molecule has 1 amide bonds. The smallest absolute Gasteiger partial charge is 0.246 e. The molecule has 0 saturated carbocycles. The minimum absolute atomic E-state index is 0.0211. The van der Waals surface area contributed by atoms with Gasteiger partial charge in [0.2, 0.25) is 5.91 Å². The molecule has 0 bridgehead atoms. The molecule has 0 aromatic heterocycles. The molecule has 1 aliphatic heterocycles. The number of aliphatic hydroxyl groups is 1. The van der Waals surface area contributed by atoms with Crippen LogP contribution in [0, 0.1) is 5.41 Å². The van der Waals surface area contributed by atoms with Gasteiger partial charge in [-0.2, -0.15) is 0 Å². The number of halogens is 1. The van der Waals surface area contributed by atoms with Crippen LogP contribution in [0.25, 0.3) is 6.08 Å². The molecule has 1 saturated heterocycles. The van der Waals surface area contributed by atoms with Crippen LogP contribution in [0.5, 0.6) is 0 Å². The highest BCUT2D eigenvalue weighted by Crippen LogP contribution is 2.25. The number of hydrogen-bond donors (Lipinski definition) is 2. The number of carbonyl (C=O) groups excluding carboxylic acids is 1. The lowest BCUT2D eigenvalue weighted by molar-refractivity contribution is -0.139. The number of carbonyl (C=O) groups is 1. The average Bonchev–Trinajstić information content (AvgIpc) is 2.40. The third-order valence-corrected chi connectivity index (χ3v) is 3.64. The van der Waals surface area contributed by atoms with Gasteiger partial charge in [0, 0.05) is 17.1 Å². The largest absolute Gasteiger partial charge is 0.396 e. The summed E-state index contributed by atoms with van der Waals surface area (Å²) >= 11 is 5.81. The zero-order chi connectivity index (χ0) is 14.6. The molecule has 1 heterocycles. The Morgan fingerprint density at radius 3 is 2.60 bits per heavy atom. The van der Waals surface area contributed by atoms with Crippen molar-refractivity contribution in [1.82, 2.24) is 5.32 Å². The van der Waals surface area contributed by atoms with E-state index in [1.807, 2.05) is 12.1 Å². The van der Waals surface area contributed by atoms with Crippen molar-refractivity contribution in [3.8, 4) is 0 Å². The fourth-order valence-electron chi connectivity index (χ4n) is 1.92. The molecule has 4 nitrogen and oxygen atoms in total. The molecule has 2 rings (SSSR count). The molecule has 0 atom stereocenters. The summed E-state index contributed by atoms with van der Waals surface area (Å²) in [7, 11) is 0. The van der Waals surface area contributed by atoms with Crippen LogP contribution < -0.4 is 5.32 Å². The Balaban J connectivity index is 1.93. The summed E-state index contributed by atoms with van der Waals surface area (Å²) in [5, 5.41) is 12.8. The summed E-state index contributed by atoms with van der Waals surface area (Å²) in [6, 6.07) is 7.28. The first-order chi connectivity index (χ1) is 9.54. The highest BCUT2D eigenvalue weighted by molar-refractivity contribution is 6.30. The molecule has 0 aliphatic carbocycles. The van der Waals surface area contributed by atoms with Gasteiger partial charge in [-0.25, -0.2) is 0 Å². The second-order valence-electron chi connectivity index (χ2n) is 5.21. The van der Waals surface area contributed by atoms with Crippen LogP contribution in [0.1, 0.15) is 12.5 Å². The van der Waals surface area contributed by atoms with Crippen molar-refractivity contribution < 1.29 is 14.6 Å². The molecule has 20 heavy (non-hydrogen) atoms. The predicted octanol–water partition coefficient (Wildman–Crippen LogP) is 1.87. The summed E-state index contributed by atoms with van der Waals surface area (Å²) in [5.74, 6) is -0.139. The molecule has 1 aliphatic rings. The van der Waals surface area contributed by atoms with E-state index < -0.39 is 0 Å².